The molecule has 0 amide bonds. The smallest absolute Gasteiger partial charge is 0.231 e. The Morgan fingerprint density at radius 3 is 2.56 bits per heavy atom. The molecule has 2 heterocycles. The Kier molecular flexibility index (Phi) is 5.45. The van der Waals surface area contributed by atoms with E-state index in [2.05, 4.69) is 33.9 Å². The predicted molar refractivity (Wildman–Crippen MR) is 95.1 cm³/mol. The summed E-state index contributed by atoms with van der Waals surface area (Å²) >= 11 is 0. The first-order valence-corrected chi connectivity index (χ1v) is 8.39. The number of fused-ring (bicyclic) bond motifs is 1. The minimum Gasteiger partial charge on any atom is -0.496 e. The lowest BCUT2D eigenvalue weighted by Gasteiger charge is -2.24. The van der Waals surface area contributed by atoms with Gasteiger partial charge in [0, 0.05) is 43.5 Å². The number of H-pyrrole nitrogens is 1. The molecule has 0 radical (unpaired) electrons. The fourth-order valence-electron chi connectivity index (χ4n) is 2.83. The maximum atomic E-state index is 5.56. The van der Waals surface area contributed by atoms with Gasteiger partial charge in [0.2, 0.25) is 6.79 Å². The first-order valence-electron chi connectivity index (χ1n) is 8.39. The molecule has 1 aromatic carbocycles. The highest BCUT2D eigenvalue weighted by atomic mass is 16.7. The van der Waals surface area contributed by atoms with Crippen molar-refractivity contribution in [3.05, 3.63) is 35.4 Å². The van der Waals surface area contributed by atoms with Crippen molar-refractivity contribution in [2.45, 2.75) is 20.0 Å². The van der Waals surface area contributed by atoms with Crippen molar-refractivity contribution in [2.75, 3.05) is 41.1 Å². The van der Waals surface area contributed by atoms with Gasteiger partial charge in [0.1, 0.15) is 5.75 Å². The van der Waals surface area contributed by atoms with Gasteiger partial charge in [0.25, 0.3) is 0 Å². The van der Waals surface area contributed by atoms with Gasteiger partial charge in [-0.05, 0) is 27.1 Å². The molecule has 25 heavy (non-hydrogen) atoms. The van der Waals surface area contributed by atoms with Gasteiger partial charge in [0.15, 0.2) is 11.5 Å². The van der Waals surface area contributed by atoms with E-state index in [1.165, 1.54) is 0 Å². The third-order valence-electron chi connectivity index (χ3n) is 4.34. The van der Waals surface area contributed by atoms with Gasteiger partial charge in [-0.1, -0.05) is 0 Å². The molecule has 0 fully saturated rings. The van der Waals surface area contributed by atoms with E-state index in [0.29, 0.717) is 0 Å². The number of benzene rings is 1. The van der Waals surface area contributed by atoms with Crippen LogP contribution in [0.1, 0.15) is 17.0 Å². The highest BCUT2D eigenvalue weighted by Gasteiger charge is 2.20. The summed E-state index contributed by atoms with van der Waals surface area (Å²) in [6, 6.07) is 3.92. The number of ether oxygens (including phenoxy) is 3. The summed E-state index contributed by atoms with van der Waals surface area (Å²) in [6.07, 6.45) is 1.75. The number of aromatic amines is 1. The molecule has 0 atom stereocenters. The maximum Gasteiger partial charge on any atom is 0.231 e. The largest absolute Gasteiger partial charge is 0.496 e. The Hall–Kier alpha value is -2.25. The van der Waals surface area contributed by atoms with Gasteiger partial charge < -0.3 is 24.1 Å². The summed E-state index contributed by atoms with van der Waals surface area (Å²) in [6.45, 7) is 5.74. The molecular weight excluding hydrogens is 320 g/mol. The van der Waals surface area contributed by atoms with Crippen molar-refractivity contribution in [3.8, 4) is 17.2 Å². The van der Waals surface area contributed by atoms with Crippen molar-refractivity contribution >= 4 is 0 Å². The van der Waals surface area contributed by atoms with Gasteiger partial charge in [-0.15, -0.1) is 0 Å². The van der Waals surface area contributed by atoms with Crippen LogP contribution in [0.25, 0.3) is 0 Å². The number of imidazole rings is 1. The summed E-state index contributed by atoms with van der Waals surface area (Å²) < 4.78 is 16.5. The number of nitrogens with zero attached hydrogens (tertiary/aromatic N) is 3. The van der Waals surface area contributed by atoms with E-state index in [4.69, 9.17) is 14.2 Å². The quantitative estimate of drug-likeness (QED) is 0.789. The van der Waals surface area contributed by atoms with Crippen molar-refractivity contribution in [1.29, 1.82) is 0 Å². The second-order valence-corrected chi connectivity index (χ2v) is 6.51. The molecule has 1 aromatic heterocycles. The van der Waals surface area contributed by atoms with Crippen LogP contribution in [0.5, 0.6) is 17.2 Å². The minimum atomic E-state index is 0.263. The zero-order valence-corrected chi connectivity index (χ0v) is 15.3. The Balaban J connectivity index is 1.80. The van der Waals surface area contributed by atoms with Gasteiger partial charge in [-0.25, -0.2) is 4.98 Å². The molecule has 0 spiro atoms. The third kappa shape index (κ3) is 4.24. The van der Waals surface area contributed by atoms with E-state index >= 15 is 0 Å². The van der Waals surface area contributed by atoms with Crippen LogP contribution in [0.15, 0.2) is 18.5 Å². The number of hydrogen-bond acceptors (Lipinski definition) is 6. The number of rotatable bonds is 8. The van der Waals surface area contributed by atoms with E-state index in [0.717, 1.165) is 60.4 Å². The predicted octanol–water partition coefficient (Wildman–Crippen LogP) is 2.02. The van der Waals surface area contributed by atoms with Crippen LogP contribution in [0, 0.1) is 6.92 Å². The molecule has 0 aliphatic carbocycles. The van der Waals surface area contributed by atoms with Crippen molar-refractivity contribution in [3.63, 3.8) is 0 Å². The van der Waals surface area contributed by atoms with Gasteiger partial charge >= 0.3 is 0 Å². The maximum absolute atomic E-state index is 5.56. The molecule has 1 N–H and O–H groups in total. The van der Waals surface area contributed by atoms with Crippen LogP contribution in [-0.2, 0) is 13.1 Å². The van der Waals surface area contributed by atoms with Gasteiger partial charge in [0.05, 0.1) is 19.1 Å². The Morgan fingerprint density at radius 1 is 1.16 bits per heavy atom. The molecule has 0 saturated heterocycles. The highest BCUT2D eigenvalue weighted by molar-refractivity contribution is 5.51. The third-order valence-corrected chi connectivity index (χ3v) is 4.34. The van der Waals surface area contributed by atoms with Gasteiger partial charge in [-0.3, -0.25) is 4.90 Å². The fourth-order valence-corrected chi connectivity index (χ4v) is 2.83. The van der Waals surface area contributed by atoms with Crippen LogP contribution in [0.3, 0.4) is 0 Å². The molecule has 2 aromatic rings. The van der Waals surface area contributed by atoms with Crippen LogP contribution in [0.2, 0.25) is 0 Å². The first-order chi connectivity index (χ1) is 12.1. The van der Waals surface area contributed by atoms with Crippen molar-refractivity contribution < 1.29 is 14.2 Å². The summed E-state index contributed by atoms with van der Waals surface area (Å²) in [4.78, 5) is 12.1. The lowest BCUT2D eigenvalue weighted by molar-refractivity contribution is 0.173. The summed E-state index contributed by atoms with van der Waals surface area (Å²) in [7, 11) is 5.85. The molecular formula is C18H26N4O3. The molecule has 0 saturated carbocycles. The summed E-state index contributed by atoms with van der Waals surface area (Å²) in [5, 5.41) is 0. The zero-order valence-electron chi connectivity index (χ0n) is 15.3. The fraction of sp³-hybridized carbons (Fsp3) is 0.500. The monoisotopic (exact) mass is 346 g/mol. The molecule has 0 bridgehead atoms. The Labute approximate surface area is 148 Å². The number of aryl methyl sites for hydroxylation is 1. The van der Waals surface area contributed by atoms with Gasteiger partial charge in [-0.2, -0.15) is 0 Å². The number of methoxy groups -OCH3 is 1. The SMILES string of the molecule is COc1cc2c(cc1CN(CCN(C)C)Cc1nc[nH]c1C)OCO2. The second-order valence-electron chi connectivity index (χ2n) is 6.51. The number of hydrogen-bond donors (Lipinski definition) is 1. The van der Waals surface area contributed by atoms with E-state index < -0.39 is 0 Å². The Morgan fingerprint density at radius 2 is 1.92 bits per heavy atom. The molecule has 7 heteroatoms. The number of nitrogens with one attached hydrogen (secondary N) is 1. The molecule has 7 nitrogen and oxygen atoms in total. The van der Waals surface area contributed by atoms with Crippen molar-refractivity contribution in [1.82, 2.24) is 19.8 Å². The standard InChI is InChI=1S/C18H26N4O3/c1-13-15(20-11-19-13)10-22(6-5-21(2)3)9-14-7-17-18(25-12-24-17)8-16(14)23-4/h7-8,11H,5-6,9-10,12H2,1-4H3,(H,19,20). The lowest BCUT2D eigenvalue weighted by Crippen LogP contribution is -2.31. The topological polar surface area (TPSA) is 62.9 Å². The second kappa shape index (κ2) is 7.76. The minimum absolute atomic E-state index is 0.263. The average molecular weight is 346 g/mol. The molecule has 136 valence electrons. The van der Waals surface area contributed by atoms with E-state index in [9.17, 15) is 0 Å². The van der Waals surface area contributed by atoms with E-state index in [1.807, 2.05) is 19.1 Å². The molecule has 0 unspecified atom stereocenters. The lowest BCUT2D eigenvalue weighted by atomic mass is 10.1. The highest BCUT2D eigenvalue weighted by Crippen LogP contribution is 2.38. The molecule has 1 aliphatic heterocycles. The molecule has 3 rings (SSSR count). The van der Waals surface area contributed by atoms with E-state index in [-0.39, 0.29) is 6.79 Å². The van der Waals surface area contributed by atoms with Crippen molar-refractivity contribution in [2.24, 2.45) is 0 Å². The number of likely N-dealkylation sites (N-methyl/N-ethyl adjacent to an activating group) is 1. The summed E-state index contributed by atoms with van der Waals surface area (Å²) in [5.41, 5.74) is 3.25. The average Bonchev–Trinajstić information content (AvgIpc) is 3.20. The summed E-state index contributed by atoms with van der Waals surface area (Å²) in [5.74, 6) is 2.33. The number of aromatic nitrogens is 2. The normalized spacial score (nSPS) is 13.0. The van der Waals surface area contributed by atoms with Crippen LogP contribution in [-0.4, -0.2) is 60.9 Å². The first kappa shape index (κ1) is 17.6. The van der Waals surface area contributed by atoms with Crippen LogP contribution < -0.4 is 14.2 Å². The van der Waals surface area contributed by atoms with Crippen LogP contribution >= 0.6 is 0 Å². The molecule has 1 aliphatic rings. The zero-order chi connectivity index (χ0) is 17.8. The Bertz CT molecular complexity index is 714. The van der Waals surface area contributed by atoms with E-state index in [1.54, 1.807) is 13.4 Å². The van der Waals surface area contributed by atoms with Crippen LogP contribution in [0.4, 0.5) is 0 Å².